The second-order valence-corrected chi connectivity index (χ2v) is 9.74. The first kappa shape index (κ1) is 22.8. The van der Waals surface area contributed by atoms with Gasteiger partial charge in [0.25, 0.3) is 5.91 Å². The van der Waals surface area contributed by atoms with Crippen molar-refractivity contribution in [3.8, 4) is 5.75 Å². The Labute approximate surface area is 200 Å². The second-order valence-electron chi connectivity index (χ2n) is 8.88. The Morgan fingerprint density at radius 2 is 1.73 bits per heavy atom. The van der Waals surface area contributed by atoms with E-state index in [2.05, 4.69) is 47.0 Å². The summed E-state index contributed by atoms with van der Waals surface area (Å²) in [4.78, 5) is 29.1. The molecule has 4 rings (SSSR count). The van der Waals surface area contributed by atoms with Crippen LogP contribution in [0.1, 0.15) is 42.3 Å². The third-order valence-electron chi connectivity index (χ3n) is 5.40. The van der Waals surface area contributed by atoms with E-state index >= 15 is 0 Å². The van der Waals surface area contributed by atoms with Crippen LogP contribution in [0.3, 0.4) is 0 Å². The highest BCUT2D eigenvalue weighted by atomic mass is 79.9. The van der Waals surface area contributed by atoms with Crippen LogP contribution in [0.2, 0.25) is 0 Å². The fourth-order valence-electron chi connectivity index (χ4n) is 3.65. The summed E-state index contributed by atoms with van der Waals surface area (Å²) >= 11 is 3.60. The number of benzene rings is 3. The van der Waals surface area contributed by atoms with E-state index in [0.29, 0.717) is 28.9 Å². The third-order valence-corrected chi connectivity index (χ3v) is 6.02. The van der Waals surface area contributed by atoms with Gasteiger partial charge in [0.05, 0.1) is 4.47 Å². The van der Waals surface area contributed by atoms with Crippen LogP contribution >= 0.6 is 15.9 Å². The van der Waals surface area contributed by atoms with Crippen molar-refractivity contribution < 1.29 is 9.53 Å². The maximum Gasteiger partial charge on any atom is 0.261 e. The van der Waals surface area contributed by atoms with Crippen molar-refractivity contribution >= 4 is 38.4 Å². The topological polar surface area (TPSA) is 71.2 Å². The van der Waals surface area contributed by atoms with E-state index in [0.717, 1.165) is 15.6 Å². The molecule has 0 aliphatic rings. The van der Waals surface area contributed by atoms with Gasteiger partial charge in [0.15, 0.2) is 0 Å². The lowest BCUT2D eigenvalue weighted by Gasteiger charge is -2.25. The molecule has 4 aromatic rings. The summed E-state index contributed by atoms with van der Waals surface area (Å²) in [6.45, 7) is 6.60. The minimum atomic E-state index is -0.469. The number of ether oxygens (including phenoxy) is 1. The number of rotatable bonds is 5. The predicted octanol–water partition coefficient (Wildman–Crippen LogP) is 6.42. The molecule has 0 aliphatic carbocycles. The number of para-hydroxylation sites is 1. The van der Waals surface area contributed by atoms with Gasteiger partial charge in [-0.15, -0.1) is 0 Å². The van der Waals surface area contributed by atoms with E-state index in [9.17, 15) is 9.59 Å². The molecule has 2 N–H and O–H groups in total. The van der Waals surface area contributed by atoms with Crippen molar-refractivity contribution in [1.29, 1.82) is 0 Å². The summed E-state index contributed by atoms with van der Waals surface area (Å²) < 4.78 is 6.83. The molecule has 0 saturated heterocycles. The van der Waals surface area contributed by atoms with Gasteiger partial charge in [-0.2, -0.15) is 0 Å². The van der Waals surface area contributed by atoms with Gasteiger partial charge in [-0.3, -0.25) is 9.59 Å². The quantitative estimate of drug-likeness (QED) is 0.329. The standard InChI is InChI=1S/C27H25BrN2O3/c1-27(2,3)20-13-21(28)24(33-16-17-9-5-4-6-10-17)14-23(20)30-26(32)19-15-29-22-12-8-7-11-18(22)25(19)31/h4-15H,16H2,1-3H3,(H,29,31)(H,30,32). The normalized spacial score (nSPS) is 11.4. The van der Waals surface area contributed by atoms with Gasteiger partial charge in [0.2, 0.25) is 5.43 Å². The fourth-order valence-corrected chi connectivity index (χ4v) is 4.11. The zero-order chi connectivity index (χ0) is 23.6. The first-order valence-corrected chi connectivity index (χ1v) is 11.5. The molecule has 0 saturated carbocycles. The summed E-state index contributed by atoms with van der Waals surface area (Å²) in [5, 5.41) is 3.42. The smallest absolute Gasteiger partial charge is 0.261 e. The Hall–Kier alpha value is -3.38. The number of nitrogens with one attached hydrogen (secondary N) is 2. The van der Waals surface area contributed by atoms with Gasteiger partial charge in [0, 0.05) is 28.9 Å². The molecule has 5 nitrogen and oxygen atoms in total. The molecule has 33 heavy (non-hydrogen) atoms. The Bertz CT molecular complexity index is 1370. The van der Waals surface area contributed by atoms with Gasteiger partial charge >= 0.3 is 0 Å². The number of H-pyrrole nitrogens is 1. The van der Waals surface area contributed by atoms with Crippen LogP contribution < -0.4 is 15.5 Å². The van der Waals surface area contributed by atoms with Crippen LogP contribution in [-0.2, 0) is 12.0 Å². The molecule has 6 heteroatoms. The van der Waals surface area contributed by atoms with Crippen molar-refractivity contribution in [2.24, 2.45) is 0 Å². The van der Waals surface area contributed by atoms with Crippen LogP contribution in [0, 0.1) is 0 Å². The highest BCUT2D eigenvalue weighted by Gasteiger charge is 2.23. The van der Waals surface area contributed by atoms with Crippen molar-refractivity contribution in [1.82, 2.24) is 4.98 Å². The Kier molecular flexibility index (Phi) is 6.38. The van der Waals surface area contributed by atoms with Gasteiger partial charge < -0.3 is 15.0 Å². The molecule has 0 spiro atoms. The third kappa shape index (κ3) is 5.01. The van der Waals surface area contributed by atoms with Crippen LogP contribution in [0.15, 0.2) is 82.2 Å². The van der Waals surface area contributed by atoms with Gasteiger partial charge in [0.1, 0.15) is 17.9 Å². The molecule has 0 bridgehead atoms. The summed E-state index contributed by atoms with van der Waals surface area (Å²) in [5.74, 6) is 0.137. The van der Waals surface area contributed by atoms with Crippen molar-refractivity contribution in [3.63, 3.8) is 0 Å². The molecular weight excluding hydrogens is 480 g/mol. The number of aromatic nitrogens is 1. The summed E-state index contributed by atoms with van der Waals surface area (Å²) in [5.41, 5.74) is 2.75. The number of amides is 1. The lowest BCUT2D eigenvalue weighted by molar-refractivity contribution is 0.102. The number of halogens is 1. The molecule has 3 aromatic carbocycles. The molecule has 1 heterocycles. The second kappa shape index (κ2) is 9.24. The average molecular weight is 505 g/mol. The van der Waals surface area contributed by atoms with Crippen LogP contribution in [0.25, 0.3) is 10.9 Å². The first-order chi connectivity index (χ1) is 15.7. The van der Waals surface area contributed by atoms with E-state index in [4.69, 9.17) is 4.74 Å². The number of carbonyl (C=O) groups is 1. The van der Waals surface area contributed by atoms with Crippen molar-refractivity contribution in [2.45, 2.75) is 32.8 Å². The molecule has 1 aromatic heterocycles. The highest BCUT2D eigenvalue weighted by molar-refractivity contribution is 9.10. The molecule has 0 fully saturated rings. The average Bonchev–Trinajstić information content (AvgIpc) is 2.79. The number of aromatic amines is 1. The van der Waals surface area contributed by atoms with Crippen LogP contribution in [-0.4, -0.2) is 10.9 Å². The lowest BCUT2D eigenvalue weighted by Crippen LogP contribution is -2.24. The zero-order valence-electron chi connectivity index (χ0n) is 18.7. The number of hydrogen-bond donors (Lipinski definition) is 2. The van der Waals surface area contributed by atoms with E-state index < -0.39 is 5.91 Å². The number of anilines is 1. The summed E-state index contributed by atoms with van der Waals surface area (Å²) in [6.07, 6.45) is 1.46. The molecule has 0 radical (unpaired) electrons. The fraction of sp³-hybridized carbons (Fsp3) is 0.185. The first-order valence-electron chi connectivity index (χ1n) is 10.7. The largest absolute Gasteiger partial charge is 0.488 e. The molecule has 1 amide bonds. The van der Waals surface area contributed by atoms with E-state index in [-0.39, 0.29) is 16.4 Å². The number of fused-ring (bicyclic) bond motifs is 1. The van der Waals surface area contributed by atoms with Gasteiger partial charge in [-0.05, 0) is 50.7 Å². The minimum Gasteiger partial charge on any atom is -0.488 e. The van der Waals surface area contributed by atoms with Gasteiger partial charge in [-0.25, -0.2) is 0 Å². The van der Waals surface area contributed by atoms with Crippen LogP contribution in [0.5, 0.6) is 5.75 Å². The predicted molar refractivity (Wildman–Crippen MR) is 136 cm³/mol. The molecular formula is C27H25BrN2O3. The van der Waals surface area contributed by atoms with Crippen molar-refractivity contribution in [3.05, 3.63) is 104 Å². The number of pyridine rings is 1. The maximum atomic E-state index is 13.1. The summed E-state index contributed by atoms with van der Waals surface area (Å²) in [7, 11) is 0. The van der Waals surface area contributed by atoms with Gasteiger partial charge in [-0.1, -0.05) is 63.2 Å². The highest BCUT2D eigenvalue weighted by Crippen LogP contribution is 2.38. The Balaban J connectivity index is 1.68. The molecule has 0 unspecified atom stereocenters. The van der Waals surface area contributed by atoms with E-state index in [1.807, 2.05) is 42.5 Å². The zero-order valence-corrected chi connectivity index (χ0v) is 20.3. The van der Waals surface area contributed by atoms with Crippen LogP contribution in [0.4, 0.5) is 5.69 Å². The van der Waals surface area contributed by atoms with E-state index in [1.165, 1.54) is 6.20 Å². The Morgan fingerprint density at radius 3 is 2.45 bits per heavy atom. The number of hydrogen-bond acceptors (Lipinski definition) is 3. The monoisotopic (exact) mass is 504 g/mol. The SMILES string of the molecule is CC(C)(C)c1cc(Br)c(OCc2ccccc2)cc1NC(=O)c1c[nH]c2ccccc2c1=O. The maximum absolute atomic E-state index is 13.1. The molecule has 0 aliphatic heterocycles. The lowest BCUT2D eigenvalue weighted by atomic mass is 9.85. The summed E-state index contributed by atoms with van der Waals surface area (Å²) in [6, 6.07) is 20.8. The molecule has 168 valence electrons. The molecule has 0 atom stereocenters. The Morgan fingerprint density at radius 1 is 1.03 bits per heavy atom. The number of carbonyl (C=O) groups excluding carboxylic acids is 1. The van der Waals surface area contributed by atoms with E-state index in [1.54, 1.807) is 24.3 Å². The van der Waals surface area contributed by atoms with Crippen molar-refractivity contribution in [2.75, 3.05) is 5.32 Å². The minimum absolute atomic E-state index is 0.0585.